The summed E-state index contributed by atoms with van der Waals surface area (Å²) >= 11 is 1.19. The molecule has 0 unspecified atom stereocenters. The number of hydrogen-bond donors (Lipinski definition) is 2. The lowest BCUT2D eigenvalue weighted by atomic mass is 10.2. The van der Waals surface area contributed by atoms with Gasteiger partial charge in [-0.15, -0.1) is 10.2 Å². The normalized spacial score (nSPS) is 10.9. The first-order chi connectivity index (χ1) is 16.6. The van der Waals surface area contributed by atoms with Crippen molar-refractivity contribution in [3.05, 3.63) is 53.7 Å². The molecular formula is C23H25N5O5S. The van der Waals surface area contributed by atoms with Crippen molar-refractivity contribution >= 4 is 28.7 Å². The molecule has 1 amide bonds. The number of aryl methyl sites for hydroxylation is 2. The maximum absolute atomic E-state index is 12.3. The van der Waals surface area contributed by atoms with Crippen LogP contribution in [-0.4, -0.2) is 53.2 Å². The number of para-hydroxylation sites is 2. The van der Waals surface area contributed by atoms with E-state index in [2.05, 4.69) is 25.5 Å². The Morgan fingerprint density at radius 3 is 2.53 bits per heavy atom. The summed E-state index contributed by atoms with van der Waals surface area (Å²) in [5, 5.41) is 11.3. The highest BCUT2D eigenvalue weighted by Crippen LogP contribution is 2.38. The van der Waals surface area contributed by atoms with Crippen LogP contribution in [-0.2, 0) is 24.2 Å². The Morgan fingerprint density at radius 1 is 1.06 bits per heavy atom. The number of fused-ring (bicyclic) bond motifs is 1. The number of aromatic nitrogens is 4. The van der Waals surface area contributed by atoms with Crippen molar-refractivity contribution in [2.24, 2.45) is 0 Å². The molecule has 0 aliphatic carbocycles. The zero-order valence-electron chi connectivity index (χ0n) is 19.1. The van der Waals surface area contributed by atoms with Gasteiger partial charge in [0.15, 0.2) is 11.5 Å². The molecule has 2 aromatic carbocycles. The second-order valence-corrected chi connectivity index (χ2v) is 8.19. The van der Waals surface area contributed by atoms with Gasteiger partial charge in [0, 0.05) is 19.4 Å². The minimum atomic E-state index is -0.166. The van der Waals surface area contributed by atoms with Crippen LogP contribution in [0.1, 0.15) is 17.3 Å². The summed E-state index contributed by atoms with van der Waals surface area (Å²) < 4.78 is 21.6. The van der Waals surface area contributed by atoms with Crippen molar-refractivity contribution in [2.75, 3.05) is 27.1 Å². The Balaban J connectivity index is 1.25. The molecule has 0 aliphatic rings. The van der Waals surface area contributed by atoms with E-state index in [-0.39, 0.29) is 11.7 Å². The highest BCUT2D eigenvalue weighted by Gasteiger charge is 2.15. The second-order valence-electron chi connectivity index (χ2n) is 7.26. The molecule has 0 saturated carbocycles. The van der Waals surface area contributed by atoms with Crippen molar-refractivity contribution in [1.29, 1.82) is 0 Å². The molecule has 2 aromatic heterocycles. The first kappa shape index (κ1) is 23.4. The molecule has 0 saturated heterocycles. The fourth-order valence-electron chi connectivity index (χ4n) is 3.36. The lowest BCUT2D eigenvalue weighted by Gasteiger charge is -2.14. The van der Waals surface area contributed by atoms with Crippen LogP contribution in [0.3, 0.4) is 0 Å². The monoisotopic (exact) mass is 483 g/mol. The molecule has 0 bridgehead atoms. The van der Waals surface area contributed by atoms with Gasteiger partial charge < -0.3 is 28.9 Å². The van der Waals surface area contributed by atoms with Gasteiger partial charge in [-0.1, -0.05) is 23.9 Å². The molecule has 2 N–H and O–H groups in total. The fraction of sp³-hybridized carbons (Fsp3) is 0.304. The highest BCUT2D eigenvalue weighted by molar-refractivity contribution is 7.99. The van der Waals surface area contributed by atoms with Gasteiger partial charge >= 0.3 is 0 Å². The lowest BCUT2D eigenvalue weighted by molar-refractivity contribution is -0.118. The average Bonchev–Trinajstić information content (AvgIpc) is 3.50. The third-order valence-electron chi connectivity index (χ3n) is 5.00. The summed E-state index contributed by atoms with van der Waals surface area (Å²) in [4.78, 5) is 20.1. The topological polar surface area (TPSA) is 124 Å². The summed E-state index contributed by atoms with van der Waals surface area (Å²) in [6, 6.07) is 11.5. The van der Waals surface area contributed by atoms with Crippen LogP contribution < -0.4 is 19.5 Å². The van der Waals surface area contributed by atoms with Crippen LogP contribution in [0.4, 0.5) is 0 Å². The molecule has 0 spiro atoms. The predicted octanol–water partition coefficient (Wildman–Crippen LogP) is 3.17. The maximum Gasteiger partial charge on any atom is 0.277 e. The number of amides is 1. The van der Waals surface area contributed by atoms with Crippen molar-refractivity contribution in [1.82, 2.24) is 25.5 Å². The third kappa shape index (κ3) is 5.60. The molecule has 2 heterocycles. The van der Waals surface area contributed by atoms with Crippen LogP contribution in [0.25, 0.3) is 11.0 Å². The number of thioether (sulfide) groups is 1. The zero-order valence-corrected chi connectivity index (χ0v) is 19.9. The number of imidazole rings is 1. The van der Waals surface area contributed by atoms with E-state index < -0.39 is 0 Å². The number of nitrogens with zero attached hydrogens (tertiary/aromatic N) is 3. The van der Waals surface area contributed by atoms with Gasteiger partial charge in [-0.2, -0.15) is 0 Å². The van der Waals surface area contributed by atoms with Gasteiger partial charge in [-0.25, -0.2) is 4.98 Å². The highest BCUT2D eigenvalue weighted by atomic mass is 32.2. The molecule has 34 heavy (non-hydrogen) atoms. The summed E-state index contributed by atoms with van der Waals surface area (Å²) in [5.41, 5.74) is 2.74. The summed E-state index contributed by atoms with van der Waals surface area (Å²) in [6.45, 7) is 0.308. The number of H-pyrrole nitrogens is 1. The largest absolute Gasteiger partial charge is 0.493 e. The number of rotatable bonds is 11. The van der Waals surface area contributed by atoms with Gasteiger partial charge in [0.2, 0.25) is 17.5 Å². The van der Waals surface area contributed by atoms with Crippen molar-refractivity contribution in [2.45, 2.75) is 24.6 Å². The smallest absolute Gasteiger partial charge is 0.277 e. The summed E-state index contributed by atoms with van der Waals surface area (Å²) in [5.74, 6) is 2.91. The standard InChI is InChI=1S/C23H25N5O5S/c1-30-17-10-14(11-18(31-2)22(17)32-3)12-24-20(29)13-34-23-28-27-21(33-23)9-8-19-25-15-6-4-5-7-16(15)26-19/h4-7,10-11H,8-9,12-13H2,1-3H3,(H,24,29)(H,25,26). The van der Waals surface area contributed by atoms with Gasteiger partial charge in [0.1, 0.15) is 5.82 Å². The quantitative estimate of drug-likeness (QED) is 0.310. The second kappa shape index (κ2) is 10.9. The Hall–Kier alpha value is -3.73. The predicted molar refractivity (Wildman–Crippen MR) is 126 cm³/mol. The molecular weight excluding hydrogens is 458 g/mol. The van der Waals surface area contributed by atoms with E-state index >= 15 is 0 Å². The molecule has 4 rings (SSSR count). The number of ether oxygens (including phenoxy) is 3. The number of benzene rings is 2. The summed E-state index contributed by atoms with van der Waals surface area (Å²) in [6.07, 6.45) is 1.21. The number of carbonyl (C=O) groups excluding carboxylic acids is 1. The van der Waals surface area contributed by atoms with Crippen LogP contribution in [0.2, 0.25) is 0 Å². The van der Waals surface area contributed by atoms with Gasteiger partial charge in [-0.3, -0.25) is 4.79 Å². The van der Waals surface area contributed by atoms with Crippen LogP contribution >= 0.6 is 11.8 Å². The SMILES string of the molecule is COc1cc(CNC(=O)CSc2nnc(CCc3nc4ccccc4[nH]3)o2)cc(OC)c1OC. The third-order valence-corrected chi connectivity index (χ3v) is 5.82. The zero-order chi connectivity index (χ0) is 23.9. The fourth-order valence-corrected chi connectivity index (χ4v) is 3.97. The maximum atomic E-state index is 12.3. The number of nitrogens with one attached hydrogen (secondary N) is 2. The van der Waals surface area contributed by atoms with Crippen LogP contribution in [0.15, 0.2) is 46.0 Å². The number of carbonyl (C=O) groups is 1. The van der Waals surface area contributed by atoms with E-state index in [1.54, 1.807) is 33.5 Å². The Morgan fingerprint density at radius 2 is 1.82 bits per heavy atom. The van der Waals surface area contributed by atoms with Crippen molar-refractivity contribution in [3.63, 3.8) is 0 Å². The Kier molecular flexibility index (Phi) is 7.53. The van der Waals surface area contributed by atoms with E-state index in [0.29, 0.717) is 47.7 Å². The van der Waals surface area contributed by atoms with E-state index in [0.717, 1.165) is 22.4 Å². The Bertz CT molecular complexity index is 1210. The molecule has 0 atom stereocenters. The van der Waals surface area contributed by atoms with Crippen LogP contribution in [0, 0.1) is 0 Å². The molecule has 0 radical (unpaired) electrons. The lowest BCUT2D eigenvalue weighted by Crippen LogP contribution is -2.24. The Labute approximate surface area is 200 Å². The van der Waals surface area contributed by atoms with Crippen LogP contribution in [0.5, 0.6) is 17.2 Å². The first-order valence-electron chi connectivity index (χ1n) is 10.5. The molecule has 10 nitrogen and oxygen atoms in total. The van der Waals surface area contributed by atoms with Gasteiger partial charge in [-0.05, 0) is 29.8 Å². The molecule has 178 valence electrons. The first-order valence-corrected chi connectivity index (χ1v) is 11.5. The van der Waals surface area contributed by atoms with Gasteiger partial charge in [0.05, 0.1) is 38.1 Å². The minimum Gasteiger partial charge on any atom is -0.493 e. The molecule has 11 heteroatoms. The van der Waals surface area contributed by atoms with E-state index in [1.165, 1.54) is 11.8 Å². The van der Waals surface area contributed by atoms with Gasteiger partial charge in [0.25, 0.3) is 5.22 Å². The van der Waals surface area contributed by atoms with Crippen molar-refractivity contribution in [3.8, 4) is 17.2 Å². The number of hydrogen-bond acceptors (Lipinski definition) is 9. The van der Waals surface area contributed by atoms with E-state index in [9.17, 15) is 4.79 Å². The molecule has 0 aliphatic heterocycles. The average molecular weight is 484 g/mol. The van der Waals surface area contributed by atoms with E-state index in [4.69, 9.17) is 18.6 Å². The van der Waals surface area contributed by atoms with Crippen molar-refractivity contribution < 1.29 is 23.4 Å². The number of methoxy groups -OCH3 is 3. The van der Waals surface area contributed by atoms with E-state index in [1.807, 2.05) is 24.3 Å². The minimum absolute atomic E-state index is 0.148. The molecule has 0 fully saturated rings. The molecule has 4 aromatic rings. The summed E-state index contributed by atoms with van der Waals surface area (Å²) in [7, 11) is 4.64. The number of aromatic amines is 1.